The lowest BCUT2D eigenvalue weighted by Gasteiger charge is -2.18. The third-order valence-corrected chi connectivity index (χ3v) is 4.22. The van der Waals surface area contributed by atoms with Crippen LogP contribution in [0.4, 0.5) is 5.69 Å². The first kappa shape index (κ1) is 17.7. The van der Waals surface area contributed by atoms with Crippen molar-refractivity contribution in [2.75, 3.05) is 0 Å². The zero-order chi connectivity index (χ0) is 18.0. The van der Waals surface area contributed by atoms with Gasteiger partial charge >= 0.3 is 0 Å². The molecule has 0 fully saturated rings. The second kappa shape index (κ2) is 6.82. The first-order valence-electron chi connectivity index (χ1n) is 7.82. The molecule has 0 saturated heterocycles. The first-order chi connectivity index (χ1) is 11.3. The van der Waals surface area contributed by atoms with Gasteiger partial charge < -0.3 is 5.32 Å². The van der Waals surface area contributed by atoms with Gasteiger partial charge in [0.25, 0.3) is 11.6 Å². The molecular formula is C17H22N4O3. The Balaban J connectivity index is 2.37. The molecule has 1 N–H and O–H groups in total. The Bertz CT molecular complexity index is 795. The number of nitro groups is 1. The molecule has 128 valence electrons. The van der Waals surface area contributed by atoms with Gasteiger partial charge in [0, 0.05) is 24.4 Å². The van der Waals surface area contributed by atoms with Crippen LogP contribution in [-0.2, 0) is 7.05 Å². The Morgan fingerprint density at radius 3 is 2.54 bits per heavy atom. The van der Waals surface area contributed by atoms with Crippen molar-refractivity contribution in [2.45, 2.75) is 40.2 Å². The van der Waals surface area contributed by atoms with Crippen molar-refractivity contribution in [1.82, 2.24) is 15.1 Å². The quantitative estimate of drug-likeness (QED) is 0.673. The number of hydrogen-bond donors (Lipinski definition) is 1. The van der Waals surface area contributed by atoms with Crippen molar-refractivity contribution < 1.29 is 9.72 Å². The number of benzene rings is 1. The van der Waals surface area contributed by atoms with Crippen LogP contribution in [0.5, 0.6) is 0 Å². The van der Waals surface area contributed by atoms with E-state index in [-0.39, 0.29) is 17.3 Å². The van der Waals surface area contributed by atoms with Gasteiger partial charge in [-0.3, -0.25) is 19.6 Å². The lowest BCUT2D eigenvalue weighted by molar-refractivity contribution is -0.385. The molecule has 0 aliphatic heterocycles. The van der Waals surface area contributed by atoms with E-state index < -0.39 is 10.8 Å². The summed E-state index contributed by atoms with van der Waals surface area (Å²) in [4.78, 5) is 23.3. The average molecular weight is 330 g/mol. The van der Waals surface area contributed by atoms with E-state index in [1.54, 1.807) is 23.7 Å². The van der Waals surface area contributed by atoms with E-state index in [1.807, 2.05) is 27.8 Å². The lowest BCUT2D eigenvalue weighted by atomic mass is 10.0. The summed E-state index contributed by atoms with van der Waals surface area (Å²) in [6, 6.07) is 4.29. The Morgan fingerprint density at radius 2 is 2.04 bits per heavy atom. The summed E-state index contributed by atoms with van der Waals surface area (Å²) in [5, 5.41) is 18.5. The molecule has 0 aliphatic rings. The van der Waals surface area contributed by atoms with Gasteiger partial charge in [0.15, 0.2) is 0 Å². The molecule has 2 rings (SSSR count). The molecule has 0 spiro atoms. The van der Waals surface area contributed by atoms with E-state index in [0.717, 1.165) is 22.5 Å². The highest BCUT2D eigenvalue weighted by atomic mass is 16.6. The van der Waals surface area contributed by atoms with Gasteiger partial charge in [0.2, 0.25) is 0 Å². The first-order valence-corrected chi connectivity index (χ1v) is 7.82. The van der Waals surface area contributed by atoms with E-state index in [4.69, 9.17) is 0 Å². The molecule has 0 saturated carbocycles. The van der Waals surface area contributed by atoms with Crippen LogP contribution in [0.2, 0.25) is 0 Å². The Kier molecular flexibility index (Phi) is 5.02. The fraction of sp³-hybridized carbons (Fsp3) is 0.412. The fourth-order valence-corrected chi connectivity index (χ4v) is 2.90. The highest BCUT2D eigenvalue weighted by Crippen LogP contribution is 2.26. The van der Waals surface area contributed by atoms with E-state index >= 15 is 0 Å². The number of nitro benzene ring substituents is 1. The van der Waals surface area contributed by atoms with E-state index in [1.165, 1.54) is 6.07 Å². The summed E-state index contributed by atoms with van der Waals surface area (Å²) in [7, 11) is 1.85. The highest BCUT2D eigenvalue weighted by molar-refractivity contribution is 5.98. The van der Waals surface area contributed by atoms with Crippen molar-refractivity contribution >= 4 is 11.6 Å². The number of amides is 1. The molecule has 7 heteroatoms. The second-order valence-corrected chi connectivity index (χ2v) is 5.92. The molecule has 0 radical (unpaired) electrons. The van der Waals surface area contributed by atoms with Crippen LogP contribution in [0.1, 0.15) is 52.3 Å². The number of carbonyl (C=O) groups is 1. The number of aryl methyl sites for hydroxylation is 3. The van der Waals surface area contributed by atoms with Gasteiger partial charge in [-0.15, -0.1) is 0 Å². The van der Waals surface area contributed by atoms with Crippen LogP contribution in [0.15, 0.2) is 18.2 Å². The van der Waals surface area contributed by atoms with Gasteiger partial charge in [0.1, 0.15) is 5.56 Å². The molecule has 1 aromatic carbocycles. The molecule has 24 heavy (non-hydrogen) atoms. The van der Waals surface area contributed by atoms with Crippen LogP contribution in [0.25, 0.3) is 0 Å². The monoisotopic (exact) mass is 330 g/mol. The molecule has 7 nitrogen and oxygen atoms in total. The minimum Gasteiger partial charge on any atom is -0.345 e. The maximum absolute atomic E-state index is 12.7. The number of hydrogen-bond acceptors (Lipinski definition) is 4. The molecule has 0 aliphatic carbocycles. The summed E-state index contributed by atoms with van der Waals surface area (Å²) in [6.45, 7) is 7.60. The SMILES string of the molecule is CCC(NC(=O)c1cc(C)ccc1[N+](=O)[O-])c1c(C)nn(C)c1C. The zero-order valence-corrected chi connectivity index (χ0v) is 14.6. The van der Waals surface area contributed by atoms with Crippen molar-refractivity contribution in [2.24, 2.45) is 7.05 Å². The molecule has 1 atom stereocenters. The van der Waals surface area contributed by atoms with E-state index in [9.17, 15) is 14.9 Å². The zero-order valence-electron chi connectivity index (χ0n) is 14.6. The van der Waals surface area contributed by atoms with Crippen molar-refractivity contribution in [3.8, 4) is 0 Å². The largest absolute Gasteiger partial charge is 0.345 e. The van der Waals surface area contributed by atoms with Crippen LogP contribution in [0, 0.1) is 30.9 Å². The fourth-order valence-electron chi connectivity index (χ4n) is 2.90. The average Bonchev–Trinajstić information content (AvgIpc) is 2.77. The second-order valence-electron chi connectivity index (χ2n) is 5.92. The maximum Gasteiger partial charge on any atom is 0.282 e. The smallest absolute Gasteiger partial charge is 0.282 e. The van der Waals surface area contributed by atoms with Crippen LogP contribution >= 0.6 is 0 Å². The van der Waals surface area contributed by atoms with Crippen LogP contribution in [0.3, 0.4) is 0 Å². The molecule has 2 aromatic rings. The van der Waals surface area contributed by atoms with E-state index in [2.05, 4.69) is 10.4 Å². The van der Waals surface area contributed by atoms with Crippen LogP contribution in [-0.4, -0.2) is 20.6 Å². The summed E-state index contributed by atoms with van der Waals surface area (Å²) >= 11 is 0. The van der Waals surface area contributed by atoms with Crippen molar-refractivity contribution in [3.05, 3.63) is 56.4 Å². The number of nitrogens with zero attached hydrogens (tertiary/aromatic N) is 3. The molecule has 1 unspecified atom stereocenters. The summed E-state index contributed by atoms with van der Waals surface area (Å²) in [5.74, 6) is -0.445. The summed E-state index contributed by atoms with van der Waals surface area (Å²) < 4.78 is 1.77. The molecular weight excluding hydrogens is 308 g/mol. The minimum atomic E-state index is -0.532. The highest BCUT2D eigenvalue weighted by Gasteiger charge is 2.25. The summed E-state index contributed by atoms with van der Waals surface area (Å²) in [5.41, 5.74) is 3.47. The molecule has 1 amide bonds. The van der Waals surface area contributed by atoms with Gasteiger partial charge in [0.05, 0.1) is 16.7 Å². The topological polar surface area (TPSA) is 90.1 Å². The third kappa shape index (κ3) is 3.29. The lowest BCUT2D eigenvalue weighted by Crippen LogP contribution is -2.29. The Hall–Kier alpha value is -2.70. The number of rotatable bonds is 5. The predicted molar refractivity (Wildman–Crippen MR) is 91.0 cm³/mol. The normalized spacial score (nSPS) is 12.0. The minimum absolute atomic E-state index is 0.0812. The number of carbonyl (C=O) groups excluding carboxylic acids is 1. The van der Waals surface area contributed by atoms with E-state index in [0.29, 0.717) is 6.42 Å². The number of nitrogens with one attached hydrogen (secondary N) is 1. The van der Waals surface area contributed by atoms with Gasteiger partial charge in [-0.25, -0.2) is 0 Å². The van der Waals surface area contributed by atoms with Gasteiger partial charge in [-0.1, -0.05) is 13.0 Å². The maximum atomic E-state index is 12.7. The Morgan fingerprint density at radius 1 is 1.38 bits per heavy atom. The van der Waals surface area contributed by atoms with Crippen molar-refractivity contribution in [1.29, 1.82) is 0 Å². The molecule has 1 aromatic heterocycles. The standard InChI is InChI=1S/C17H22N4O3/c1-6-14(16-11(3)19-20(5)12(16)4)18-17(22)13-9-10(2)7-8-15(13)21(23)24/h7-9,14H,6H2,1-5H3,(H,18,22). The summed E-state index contributed by atoms with van der Waals surface area (Å²) in [6.07, 6.45) is 0.665. The van der Waals surface area contributed by atoms with Gasteiger partial charge in [-0.05, 0) is 38.8 Å². The van der Waals surface area contributed by atoms with Gasteiger partial charge in [-0.2, -0.15) is 5.10 Å². The number of aromatic nitrogens is 2. The molecule has 0 bridgehead atoms. The Labute approximate surface area is 140 Å². The molecule has 1 heterocycles. The van der Waals surface area contributed by atoms with Crippen LogP contribution < -0.4 is 5.32 Å². The predicted octanol–water partition coefficient (Wildman–Crippen LogP) is 3.13. The van der Waals surface area contributed by atoms with Crippen molar-refractivity contribution in [3.63, 3.8) is 0 Å². The third-order valence-electron chi connectivity index (χ3n) is 4.22.